The predicted octanol–water partition coefficient (Wildman–Crippen LogP) is 5.77. The minimum absolute atomic E-state index is 0.0296. The summed E-state index contributed by atoms with van der Waals surface area (Å²) in [6.07, 6.45) is -3.24. The molecule has 0 aliphatic carbocycles. The number of amides is 2. The predicted molar refractivity (Wildman–Crippen MR) is 130 cm³/mol. The van der Waals surface area contributed by atoms with Crippen LogP contribution in [-0.4, -0.2) is 21.8 Å². The Balaban J connectivity index is 1.64. The number of nitrogens with zero attached hydrogens (tertiary/aromatic N) is 2. The molecule has 4 rings (SSSR count). The standard InChI is InChI=1S/C27H17ClF3N3O2/c1-16-9-11-20(14-18(16)12-10-17-13-19-5-2-3-8-23(19)33-15-17)25(35)34(32)26(36)24-21(27(29,30)31)6-4-7-22(24)28/h2-9,11,13-15H,32H2,1H3. The number of carbonyl (C=O) groups excluding carboxylic acids is 2. The zero-order chi connectivity index (χ0) is 26.0. The van der Waals surface area contributed by atoms with E-state index in [2.05, 4.69) is 16.8 Å². The van der Waals surface area contributed by atoms with Gasteiger partial charge in [0, 0.05) is 28.3 Å². The summed E-state index contributed by atoms with van der Waals surface area (Å²) < 4.78 is 40.2. The number of aryl methyl sites for hydroxylation is 1. The number of hydrazine groups is 1. The zero-order valence-corrected chi connectivity index (χ0v) is 19.5. The van der Waals surface area contributed by atoms with Crippen molar-refractivity contribution in [2.24, 2.45) is 5.84 Å². The Labute approximate surface area is 209 Å². The normalized spacial score (nSPS) is 11.1. The van der Waals surface area contributed by atoms with E-state index in [1.807, 2.05) is 30.3 Å². The fourth-order valence-electron chi connectivity index (χ4n) is 3.50. The molecule has 9 heteroatoms. The lowest BCUT2D eigenvalue weighted by molar-refractivity contribution is -0.138. The van der Waals surface area contributed by atoms with Crippen LogP contribution in [0, 0.1) is 18.8 Å². The zero-order valence-electron chi connectivity index (χ0n) is 18.7. The fraction of sp³-hybridized carbons (Fsp3) is 0.0741. The second-order valence-corrected chi connectivity index (χ2v) is 8.24. The number of rotatable bonds is 2. The van der Waals surface area contributed by atoms with E-state index in [-0.39, 0.29) is 10.6 Å². The molecule has 1 heterocycles. The Kier molecular flexibility index (Phi) is 6.80. The molecule has 0 saturated carbocycles. The Morgan fingerprint density at radius 1 is 0.972 bits per heavy atom. The summed E-state index contributed by atoms with van der Waals surface area (Å²) in [4.78, 5) is 30.0. The van der Waals surface area contributed by atoms with Gasteiger partial charge in [0.05, 0.1) is 21.7 Å². The van der Waals surface area contributed by atoms with Gasteiger partial charge < -0.3 is 0 Å². The molecule has 0 atom stereocenters. The minimum Gasteiger partial charge on any atom is -0.267 e. The van der Waals surface area contributed by atoms with E-state index >= 15 is 0 Å². The first-order valence-electron chi connectivity index (χ1n) is 10.5. The van der Waals surface area contributed by atoms with Gasteiger partial charge in [0.2, 0.25) is 0 Å². The summed E-state index contributed by atoms with van der Waals surface area (Å²) in [6, 6.07) is 16.7. The molecule has 0 spiro atoms. The van der Waals surface area contributed by atoms with Gasteiger partial charge in [-0.2, -0.15) is 13.2 Å². The number of nitrogens with two attached hydrogens (primary N) is 1. The number of imide groups is 1. The number of hydrogen-bond donors (Lipinski definition) is 1. The van der Waals surface area contributed by atoms with Gasteiger partial charge >= 0.3 is 6.18 Å². The van der Waals surface area contributed by atoms with E-state index in [1.54, 1.807) is 19.2 Å². The molecule has 4 aromatic rings. The molecule has 0 radical (unpaired) electrons. The van der Waals surface area contributed by atoms with Gasteiger partial charge in [0.1, 0.15) is 0 Å². The topological polar surface area (TPSA) is 76.3 Å². The summed E-state index contributed by atoms with van der Waals surface area (Å²) in [5, 5.41) is 0.559. The summed E-state index contributed by atoms with van der Waals surface area (Å²) in [5.74, 6) is 9.25. The molecule has 0 aliphatic heterocycles. The molecule has 2 N–H and O–H groups in total. The summed E-state index contributed by atoms with van der Waals surface area (Å²) >= 11 is 5.87. The van der Waals surface area contributed by atoms with E-state index < -0.39 is 34.1 Å². The van der Waals surface area contributed by atoms with Crippen molar-refractivity contribution in [2.75, 3.05) is 0 Å². The van der Waals surface area contributed by atoms with Crippen molar-refractivity contribution in [1.29, 1.82) is 0 Å². The largest absolute Gasteiger partial charge is 0.417 e. The third-order valence-electron chi connectivity index (χ3n) is 5.39. The summed E-state index contributed by atoms with van der Waals surface area (Å²) in [7, 11) is 0. The maximum absolute atomic E-state index is 13.4. The van der Waals surface area contributed by atoms with Crippen LogP contribution in [0.3, 0.4) is 0 Å². The molecule has 3 aromatic carbocycles. The lowest BCUT2D eigenvalue weighted by atomic mass is 10.0. The fourth-order valence-corrected chi connectivity index (χ4v) is 3.75. The monoisotopic (exact) mass is 507 g/mol. The molecule has 0 aliphatic rings. The number of para-hydroxylation sites is 1. The Morgan fingerprint density at radius 3 is 2.47 bits per heavy atom. The highest BCUT2D eigenvalue weighted by molar-refractivity contribution is 6.34. The average Bonchev–Trinajstić information content (AvgIpc) is 2.86. The van der Waals surface area contributed by atoms with Crippen molar-refractivity contribution in [3.05, 3.63) is 111 Å². The van der Waals surface area contributed by atoms with E-state index in [4.69, 9.17) is 17.4 Å². The van der Waals surface area contributed by atoms with Crippen LogP contribution < -0.4 is 5.84 Å². The number of pyridine rings is 1. The number of fused-ring (bicyclic) bond motifs is 1. The first-order valence-corrected chi connectivity index (χ1v) is 10.9. The van der Waals surface area contributed by atoms with Crippen molar-refractivity contribution in [1.82, 2.24) is 9.99 Å². The molecule has 180 valence electrons. The third kappa shape index (κ3) is 5.08. The van der Waals surface area contributed by atoms with Crippen LogP contribution in [0.2, 0.25) is 5.02 Å². The molecule has 0 unspecified atom stereocenters. The molecule has 0 bridgehead atoms. The van der Waals surface area contributed by atoms with E-state index in [0.717, 1.165) is 28.6 Å². The van der Waals surface area contributed by atoms with Crippen LogP contribution >= 0.6 is 11.6 Å². The molecular weight excluding hydrogens is 491 g/mol. The van der Waals surface area contributed by atoms with Crippen molar-refractivity contribution in [2.45, 2.75) is 13.1 Å². The molecule has 0 fully saturated rings. The lowest BCUT2D eigenvalue weighted by Gasteiger charge is -2.19. The number of aromatic nitrogens is 1. The van der Waals surface area contributed by atoms with E-state index in [1.165, 1.54) is 12.1 Å². The maximum atomic E-state index is 13.4. The van der Waals surface area contributed by atoms with Crippen molar-refractivity contribution >= 4 is 34.3 Å². The summed E-state index contributed by atoms with van der Waals surface area (Å²) in [6.45, 7) is 1.78. The van der Waals surface area contributed by atoms with Crippen molar-refractivity contribution < 1.29 is 22.8 Å². The molecule has 5 nitrogen and oxygen atoms in total. The van der Waals surface area contributed by atoms with Crippen LogP contribution in [0.4, 0.5) is 13.2 Å². The quantitative estimate of drug-likeness (QED) is 0.123. The van der Waals surface area contributed by atoms with Crippen LogP contribution in [0.25, 0.3) is 10.9 Å². The van der Waals surface area contributed by atoms with Gasteiger partial charge in [-0.25, -0.2) is 10.9 Å². The van der Waals surface area contributed by atoms with Crippen LogP contribution in [0.1, 0.15) is 43.0 Å². The van der Waals surface area contributed by atoms with Crippen molar-refractivity contribution in [3.63, 3.8) is 0 Å². The lowest BCUT2D eigenvalue weighted by Crippen LogP contribution is -2.43. The maximum Gasteiger partial charge on any atom is 0.417 e. The van der Waals surface area contributed by atoms with Crippen LogP contribution in [0.5, 0.6) is 0 Å². The van der Waals surface area contributed by atoms with E-state index in [9.17, 15) is 22.8 Å². The highest BCUT2D eigenvalue weighted by Crippen LogP contribution is 2.35. The van der Waals surface area contributed by atoms with Crippen molar-refractivity contribution in [3.8, 4) is 11.8 Å². The SMILES string of the molecule is Cc1ccc(C(=O)N(N)C(=O)c2c(Cl)cccc2C(F)(F)F)cc1C#Cc1cnc2ccccc2c1. The first-order chi connectivity index (χ1) is 17.1. The highest BCUT2D eigenvalue weighted by atomic mass is 35.5. The Morgan fingerprint density at radius 2 is 1.72 bits per heavy atom. The number of halogens is 4. The van der Waals surface area contributed by atoms with Gasteiger partial charge in [-0.1, -0.05) is 53.8 Å². The molecule has 1 aromatic heterocycles. The molecule has 2 amide bonds. The summed E-state index contributed by atoms with van der Waals surface area (Å²) in [5.41, 5.74) is 0.474. The smallest absolute Gasteiger partial charge is 0.267 e. The minimum atomic E-state index is -4.87. The second kappa shape index (κ2) is 9.82. The third-order valence-corrected chi connectivity index (χ3v) is 5.70. The van der Waals surface area contributed by atoms with Gasteiger partial charge in [0.15, 0.2) is 0 Å². The average molecular weight is 508 g/mol. The number of benzene rings is 3. The van der Waals surface area contributed by atoms with Gasteiger partial charge in [-0.3, -0.25) is 14.6 Å². The van der Waals surface area contributed by atoms with Crippen LogP contribution in [0.15, 0.2) is 72.9 Å². The van der Waals surface area contributed by atoms with E-state index in [0.29, 0.717) is 17.2 Å². The number of alkyl halides is 3. The van der Waals surface area contributed by atoms with Gasteiger partial charge in [-0.05, 0) is 48.9 Å². The molecule has 36 heavy (non-hydrogen) atoms. The molecule has 0 saturated heterocycles. The van der Waals surface area contributed by atoms with Gasteiger partial charge in [-0.15, -0.1) is 0 Å². The number of hydrogen-bond acceptors (Lipinski definition) is 4. The molecular formula is C27H17ClF3N3O2. The Bertz CT molecular complexity index is 1570. The first kappa shape index (κ1) is 24.9. The second-order valence-electron chi connectivity index (χ2n) is 7.84. The Hall–Kier alpha value is -4.19. The number of carbonyl (C=O) groups is 2. The van der Waals surface area contributed by atoms with Gasteiger partial charge in [0.25, 0.3) is 11.8 Å². The highest BCUT2D eigenvalue weighted by Gasteiger charge is 2.38. The van der Waals surface area contributed by atoms with Crippen LogP contribution in [-0.2, 0) is 6.18 Å².